The lowest BCUT2D eigenvalue weighted by molar-refractivity contribution is -0.118. The van der Waals surface area contributed by atoms with E-state index in [-0.39, 0.29) is 24.5 Å². The SMILES string of the molecule is COc1cccc(-c2ccc3c(c2)NC(=O)CN2CCN(C(=O)NC4CC4)C[C@@H]2CO3)c1. The molecule has 8 nitrogen and oxygen atoms in total. The van der Waals surface area contributed by atoms with E-state index in [2.05, 4.69) is 15.5 Å². The van der Waals surface area contributed by atoms with Crippen LogP contribution in [0.25, 0.3) is 11.1 Å². The normalized spacial score (nSPS) is 21.1. The van der Waals surface area contributed by atoms with E-state index in [4.69, 9.17) is 9.47 Å². The number of amides is 3. The lowest BCUT2D eigenvalue weighted by Crippen LogP contribution is -2.59. The topological polar surface area (TPSA) is 83.1 Å². The maximum absolute atomic E-state index is 12.8. The first-order valence-electron chi connectivity index (χ1n) is 11.1. The molecule has 0 radical (unpaired) electrons. The van der Waals surface area contributed by atoms with E-state index in [1.807, 2.05) is 47.4 Å². The van der Waals surface area contributed by atoms with Gasteiger partial charge < -0.3 is 25.0 Å². The van der Waals surface area contributed by atoms with Crippen molar-refractivity contribution in [2.45, 2.75) is 24.9 Å². The molecule has 1 atom stereocenters. The molecule has 0 bridgehead atoms. The summed E-state index contributed by atoms with van der Waals surface area (Å²) in [5, 5.41) is 6.07. The number of hydrogen-bond acceptors (Lipinski definition) is 5. The van der Waals surface area contributed by atoms with Crippen molar-refractivity contribution >= 4 is 17.6 Å². The maximum Gasteiger partial charge on any atom is 0.317 e. The molecule has 1 saturated carbocycles. The van der Waals surface area contributed by atoms with Crippen LogP contribution in [0.4, 0.5) is 10.5 Å². The van der Waals surface area contributed by atoms with Crippen molar-refractivity contribution in [2.75, 3.05) is 45.2 Å². The number of nitrogens with one attached hydrogen (secondary N) is 2. The molecule has 2 aromatic carbocycles. The third-order valence-corrected chi connectivity index (χ3v) is 6.23. The Hall–Kier alpha value is -3.26. The second-order valence-corrected chi connectivity index (χ2v) is 8.60. The summed E-state index contributed by atoms with van der Waals surface area (Å²) in [4.78, 5) is 29.2. The molecule has 0 unspecified atom stereocenters. The van der Waals surface area contributed by atoms with Gasteiger partial charge in [-0.2, -0.15) is 0 Å². The van der Waals surface area contributed by atoms with Crippen molar-refractivity contribution in [1.82, 2.24) is 15.1 Å². The van der Waals surface area contributed by atoms with E-state index in [0.717, 1.165) is 29.7 Å². The number of methoxy groups -OCH3 is 1. The molecule has 2 heterocycles. The summed E-state index contributed by atoms with van der Waals surface area (Å²) in [6.45, 7) is 2.48. The Morgan fingerprint density at radius 2 is 2.00 bits per heavy atom. The van der Waals surface area contributed by atoms with Gasteiger partial charge >= 0.3 is 6.03 Å². The van der Waals surface area contributed by atoms with Crippen molar-refractivity contribution in [2.24, 2.45) is 0 Å². The summed E-state index contributed by atoms with van der Waals surface area (Å²) in [5.74, 6) is 1.32. The Balaban J connectivity index is 1.34. The Labute approximate surface area is 187 Å². The molecular formula is C24H28N4O4. The molecule has 0 aromatic heterocycles. The average Bonchev–Trinajstić information content (AvgIpc) is 3.61. The van der Waals surface area contributed by atoms with Crippen molar-refractivity contribution < 1.29 is 19.1 Å². The minimum absolute atomic E-state index is 0.0141. The minimum Gasteiger partial charge on any atom is -0.497 e. The van der Waals surface area contributed by atoms with Gasteiger partial charge in [0, 0.05) is 25.7 Å². The number of nitrogens with zero attached hydrogens (tertiary/aromatic N) is 2. The van der Waals surface area contributed by atoms with Crippen LogP contribution in [-0.2, 0) is 4.79 Å². The summed E-state index contributed by atoms with van der Waals surface area (Å²) in [6.07, 6.45) is 2.12. The van der Waals surface area contributed by atoms with Crippen LogP contribution >= 0.6 is 0 Å². The first kappa shape index (κ1) is 20.6. The predicted octanol–water partition coefficient (Wildman–Crippen LogP) is 2.55. The zero-order valence-corrected chi connectivity index (χ0v) is 18.2. The van der Waals surface area contributed by atoms with Gasteiger partial charge in [0.15, 0.2) is 0 Å². The molecule has 2 aromatic rings. The van der Waals surface area contributed by atoms with Crippen molar-refractivity contribution in [3.8, 4) is 22.6 Å². The van der Waals surface area contributed by atoms with Crippen LogP contribution in [0.1, 0.15) is 12.8 Å². The maximum atomic E-state index is 12.8. The number of carbonyl (C=O) groups excluding carboxylic acids is 2. The quantitative estimate of drug-likeness (QED) is 0.773. The van der Waals surface area contributed by atoms with Crippen LogP contribution in [0, 0.1) is 0 Å². The monoisotopic (exact) mass is 436 g/mol. The van der Waals surface area contributed by atoms with Gasteiger partial charge in [-0.15, -0.1) is 0 Å². The highest BCUT2D eigenvalue weighted by Crippen LogP contribution is 2.33. The van der Waals surface area contributed by atoms with Gasteiger partial charge in [-0.3, -0.25) is 9.69 Å². The molecule has 8 heteroatoms. The standard InChI is InChI=1S/C24H28N4O4/c1-31-20-4-2-3-16(11-20)17-5-8-22-21(12-17)26-23(29)14-27-9-10-28(13-19(27)15-32-22)24(30)25-18-6-7-18/h2-5,8,11-12,18-19H,6-7,9-10,13-15H2,1H3,(H,25,30)(H,26,29)/t19-/m1/s1. The van der Waals surface area contributed by atoms with Crippen LogP contribution in [0.5, 0.6) is 11.5 Å². The zero-order chi connectivity index (χ0) is 22.1. The lowest BCUT2D eigenvalue weighted by atomic mass is 10.0. The fourth-order valence-corrected chi connectivity index (χ4v) is 4.23. The minimum atomic E-state index is -0.0829. The van der Waals surface area contributed by atoms with Gasteiger partial charge in [-0.1, -0.05) is 18.2 Å². The number of piperazine rings is 1. The molecule has 5 rings (SSSR count). The highest BCUT2D eigenvalue weighted by atomic mass is 16.5. The largest absolute Gasteiger partial charge is 0.497 e. The molecule has 168 valence electrons. The first-order valence-corrected chi connectivity index (χ1v) is 11.1. The first-order chi connectivity index (χ1) is 15.6. The fourth-order valence-electron chi connectivity index (χ4n) is 4.23. The molecule has 2 fully saturated rings. The lowest BCUT2D eigenvalue weighted by Gasteiger charge is -2.40. The van der Waals surface area contributed by atoms with E-state index in [1.54, 1.807) is 7.11 Å². The van der Waals surface area contributed by atoms with Crippen LogP contribution in [0.15, 0.2) is 42.5 Å². The van der Waals surface area contributed by atoms with Gasteiger partial charge in [0.05, 0.1) is 25.4 Å². The number of benzene rings is 2. The Kier molecular flexibility index (Phi) is 5.61. The van der Waals surface area contributed by atoms with Gasteiger partial charge in [0.1, 0.15) is 18.1 Å². The summed E-state index contributed by atoms with van der Waals surface area (Å²) < 4.78 is 11.5. The molecule has 2 aliphatic heterocycles. The van der Waals surface area contributed by atoms with E-state index in [9.17, 15) is 9.59 Å². The van der Waals surface area contributed by atoms with Crippen molar-refractivity contribution in [1.29, 1.82) is 0 Å². The second-order valence-electron chi connectivity index (χ2n) is 8.60. The zero-order valence-electron chi connectivity index (χ0n) is 18.2. The van der Waals surface area contributed by atoms with Crippen LogP contribution in [0.3, 0.4) is 0 Å². The van der Waals surface area contributed by atoms with E-state index >= 15 is 0 Å². The molecule has 3 amide bonds. The average molecular weight is 437 g/mol. The molecule has 2 N–H and O–H groups in total. The van der Waals surface area contributed by atoms with E-state index < -0.39 is 0 Å². The molecule has 32 heavy (non-hydrogen) atoms. The smallest absolute Gasteiger partial charge is 0.317 e. The van der Waals surface area contributed by atoms with Crippen molar-refractivity contribution in [3.05, 3.63) is 42.5 Å². The number of ether oxygens (including phenoxy) is 2. The number of rotatable bonds is 3. The summed E-state index contributed by atoms with van der Waals surface area (Å²) >= 11 is 0. The van der Waals surface area contributed by atoms with Crippen LogP contribution < -0.4 is 20.1 Å². The van der Waals surface area contributed by atoms with Gasteiger partial charge in [-0.25, -0.2) is 4.79 Å². The summed E-state index contributed by atoms with van der Waals surface area (Å²) in [7, 11) is 1.64. The number of hydrogen-bond donors (Lipinski definition) is 2. The third kappa shape index (κ3) is 4.50. The number of anilines is 1. The molecular weight excluding hydrogens is 408 g/mol. The summed E-state index contributed by atoms with van der Waals surface area (Å²) in [6, 6.07) is 13.9. The van der Waals surface area contributed by atoms with Gasteiger partial charge in [0.25, 0.3) is 0 Å². The Morgan fingerprint density at radius 1 is 1.16 bits per heavy atom. The van der Waals surface area contributed by atoms with Crippen LogP contribution in [0.2, 0.25) is 0 Å². The van der Waals surface area contributed by atoms with Crippen LogP contribution in [-0.4, -0.2) is 73.7 Å². The highest BCUT2D eigenvalue weighted by molar-refractivity contribution is 5.94. The molecule has 0 spiro atoms. The van der Waals surface area contributed by atoms with E-state index in [1.165, 1.54) is 0 Å². The summed E-state index contributed by atoms with van der Waals surface area (Å²) in [5.41, 5.74) is 2.61. The van der Waals surface area contributed by atoms with Gasteiger partial charge in [-0.05, 0) is 48.2 Å². The number of fused-ring (bicyclic) bond motifs is 2. The second kappa shape index (κ2) is 8.70. The Morgan fingerprint density at radius 3 is 2.81 bits per heavy atom. The number of urea groups is 1. The Bertz CT molecular complexity index is 1020. The van der Waals surface area contributed by atoms with Crippen molar-refractivity contribution in [3.63, 3.8) is 0 Å². The third-order valence-electron chi connectivity index (χ3n) is 6.23. The molecule has 1 aliphatic carbocycles. The predicted molar refractivity (Wildman–Crippen MR) is 121 cm³/mol. The van der Waals surface area contributed by atoms with Gasteiger partial charge in [0.2, 0.25) is 5.91 Å². The fraction of sp³-hybridized carbons (Fsp3) is 0.417. The highest BCUT2D eigenvalue weighted by Gasteiger charge is 2.34. The number of carbonyl (C=O) groups is 2. The van der Waals surface area contributed by atoms with E-state index in [0.29, 0.717) is 43.7 Å². The molecule has 1 saturated heterocycles. The molecule has 3 aliphatic rings.